The van der Waals surface area contributed by atoms with Gasteiger partial charge in [-0.25, -0.2) is 0 Å². The van der Waals surface area contributed by atoms with Gasteiger partial charge < -0.3 is 10.2 Å². The molecule has 1 aromatic carbocycles. The molecule has 0 aromatic heterocycles. The molecule has 1 spiro atoms. The van der Waals surface area contributed by atoms with Gasteiger partial charge in [0.05, 0.1) is 0 Å². The van der Waals surface area contributed by atoms with Crippen LogP contribution in [0.15, 0.2) is 35.3 Å². The van der Waals surface area contributed by atoms with Crippen molar-refractivity contribution in [2.24, 2.45) is 10.4 Å². The normalized spacial score (nSPS) is 24.0. The summed E-state index contributed by atoms with van der Waals surface area (Å²) in [5.41, 5.74) is 2.47. The highest BCUT2D eigenvalue weighted by atomic mass is 127. The minimum absolute atomic E-state index is 0. The number of nitrogens with zero attached hydrogens (tertiary/aromatic N) is 2. The number of benzene rings is 1. The third-order valence-electron chi connectivity index (χ3n) is 6.19. The molecule has 4 rings (SSSR count). The Labute approximate surface area is 157 Å². The van der Waals surface area contributed by atoms with Crippen LogP contribution in [0.25, 0.3) is 0 Å². The lowest BCUT2D eigenvalue weighted by Crippen LogP contribution is -2.44. The van der Waals surface area contributed by atoms with Gasteiger partial charge in [-0.3, -0.25) is 4.99 Å². The van der Waals surface area contributed by atoms with E-state index in [1.165, 1.54) is 57.2 Å². The van der Waals surface area contributed by atoms with Crippen LogP contribution < -0.4 is 5.32 Å². The summed E-state index contributed by atoms with van der Waals surface area (Å²) < 4.78 is 0. The van der Waals surface area contributed by atoms with Gasteiger partial charge in [-0.1, -0.05) is 36.8 Å². The molecule has 1 saturated heterocycles. The number of rotatable bonds is 3. The minimum atomic E-state index is 0. The molecule has 3 nitrogen and oxygen atoms in total. The molecule has 4 heteroatoms. The molecule has 2 saturated carbocycles. The second kappa shape index (κ2) is 6.61. The van der Waals surface area contributed by atoms with Crippen LogP contribution in [0, 0.1) is 5.41 Å². The van der Waals surface area contributed by atoms with Crippen LogP contribution in [0.5, 0.6) is 0 Å². The number of halogens is 1. The van der Waals surface area contributed by atoms with Crippen molar-refractivity contribution in [3.63, 3.8) is 0 Å². The third kappa shape index (κ3) is 3.24. The summed E-state index contributed by atoms with van der Waals surface area (Å²) in [6.07, 6.45) is 8.23. The van der Waals surface area contributed by atoms with Crippen molar-refractivity contribution >= 4 is 29.9 Å². The van der Waals surface area contributed by atoms with Gasteiger partial charge in [0, 0.05) is 32.1 Å². The summed E-state index contributed by atoms with van der Waals surface area (Å²) >= 11 is 0. The molecule has 0 radical (unpaired) electrons. The molecule has 1 aliphatic heterocycles. The Kier molecular flexibility index (Phi) is 4.90. The number of hydrogen-bond donors (Lipinski definition) is 1. The zero-order valence-electron chi connectivity index (χ0n) is 14.1. The first-order valence-electron chi connectivity index (χ1n) is 8.77. The van der Waals surface area contributed by atoms with Crippen LogP contribution in [-0.4, -0.2) is 37.5 Å². The Bertz CT molecular complexity index is 561. The highest BCUT2D eigenvalue weighted by Crippen LogP contribution is 2.49. The van der Waals surface area contributed by atoms with Crippen LogP contribution in [0.3, 0.4) is 0 Å². The average molecular weight is 425 g/mol. The summed E-state index contributed by atoms with van der Waals surface area (Å²) in [6, 6.07) is 11.0. The zero-order valence-corrected chi connectivity index (χ0v) is 16.4. The molecule has 2 aliphatic carbocycles. The van der Waals surface area contributed by atoms with Gasteiger partial charge in [-0.15, -0.1) is 24.0 Å². The number of likely N-dealkylation sites (tertiary alicyclic amines) is 1. The first-order chi connectivity index (χ1) is 10.8. The number of aliphatic imine (C=N–C) groups is 1. The number of nitrogens with one attached hydrogen (secondary N) is 1. The van der Waals surface area contributed by atoms with Crippen molar-refractivity contribution in [2.45, 2.75) is 43.9 Å². The Balaban J connectivity index is 0.00000156. The van der Waals surface area contributed by atoms with Crippen molar-refractivity contribution in [1.82, 2.24) is 10.2 Å². The predicted molar refractivity (Wildman–Crippen MR) is 107 cm³/mol. The van der Waals surface area contributed by atoms with E-state index in [4.69, 9.17) is 0 Å². The Morgan fingerprint density at radius 2 is 1.87 bits per heavy atom. The summed E-state index contributed by atoms with van der Waals surface area (Å²) in [6.45, 7) is 3.41. The Hall–Kier alpha value is -0.780. The smallest absolute Gasteiger partial charge is 0.193 e. The van der Waals surface area contributed by atoms with E-state index < -0.39 is 0 Å². The Morgan fingerprint density at radius 3 is 2.39 bits per heavy atom. The van der Waals surface area contributed by atoms with E-state index >= 15 is 0 Å². The second-order valence-electron chi connectivity index (χ2n) is 7.57. The number of hydrogen-bond acceptors (Lipinski definition) is 1. The monoisotopic (exact) mass is 425 g/mol. The molecule has 3 fully saturated rings. The van der Waals surface area contributed by atoms with E-state index in [0.717, 1.165) is 12.5 Å². The molecule has 0 amide bonds. The van der Waals surface area contributed by atoms with Gasteiger partial charge in [0.25, 0.3) is 0 Å². The van der Waals surface area contributed by atoms with Gasteiger partial charge in [0.1, 0.15) is 0 Å². The van der Waals surface area contributed by atoms with Gasteiger partial charge in [0.15, 0.2) is 5.96 Å². The summed E-state index contributed by atoms with van der Waals surface area (Å²) in [5.74, 6) is 1.12. The second-order valence-corrected chi connectivity index (χ2v) is 7.57. The van der Waals surface area contributed by atoms with Crippen molar-refractivity contribution in [3.05, 3.63) is 35.9 Å². The SMILES string of the molecule is CN=C(NCC1(c2ccccc2)CC1)N1CCC2(CCC2)C1.I. The standard InChI is InChI=1S/C19H27N3.HI/c1-20-17(22-13-12-18(15-22)8-5-9-18)21-14-19(10-11-19)16-6-3-2-4-7-16;/h2-4,6-7H,5,8-15H2,1H3,(H,20,21);1H. The molecule has 1 N–H and O–H groups in total. The lowest BCUT2D eigenvalue weighted by atomic mass is 9.68. The first-order valence-corrected chi connectivity index (χ1v) is 8.77. The van der Waals surface area contributed by atoms with Crippen LogP contribution in [0.4, 0.5) is 0 Å². The van der Waals surface area contributed by atoms with Gasteiger partial charge in [0.2, 0.25) is 0 Å². The van der Waals surface area contributed by atoms with E-state index in [9.17, 15) is 0 Å². The van der Waals surface area contributed by atoms with Crippen LogP contribution in [0.1, 0.15) is 44.1 Å². The molecule has 0 atom stereocenters. The molecule has 1 aromatic rings. The first kappa shape index (κ1) is 17.1. The predicted octanol–water partition coefficient (Wildman–Crippen LogP) is 3.79. The van der Waals surface area contributed by atoms with E-state index in [1.54, 1.807) is 0 Å². The summed E-state index contributed by atoms with van der Waals surface area (Å²) in [7, 11) is 1.93. The molecule has 3 aliphatic rings. The Morgan fingerprint density at radius 1 is 1.13 bits per heavy atom. The molecule has 1 heterocycles. The van der Waals surface area contributed by atoms with Crippen molar-refractivity contribution in [2.75, 3.05) is 26.7 Å². The van der Waals surface area contributed by atoms with E-state index in [0.29, 0.717) is 10.8 Å². The lowest BCUT2D eigenvalue weighted by Gasteiger charge is -2.38. The van der Waals surface area contributed by atoms with Crippen molar-refractivity contribution < 1.29 is 0 Å². The van der Waals surface area contributed by atoms with Crippen LogP contribution in [-0.2, 0) is 5.41 Å². The third-order valence-corrected chi connectivity index (χ3v) is 6.19. The molecule has 0 bridgehead atoms. The van der Waals surface area contributed by atoms with Crippen LogP contribution >= 0.6 is 24.0 Å². The van der Waals surface area contributed by atoms with Crippen molar-refractivity contribution in [3.8, 4) is 0 Å². The van der Waals surface area contributed by atoms with Gasteiger partial charge in [-0.05, 0) is 43.1 Å². The fourth-order valence-corrected chi connectivity index (χ4v) is 4.29. The van der Waals surface area contributed by atoms with Crippen molar-refractivity contribution in [1.29, 1.82) is 0 Å². The van der Waals surface area contributed by atoms with Gasteiger partial charge in [-0.2, -0.15) is 0 Å². The summed E-state index contributed by atoms with van der Waals surface area (Å²) in [5, 5.41) is 3.67. The highest BCUT2D eigenvalue weighted by Gasteiger charge is 2.46. The molecule has 126 valence electrons. The lowest BCUT2D eigenvalue weighted by molar-refractivity contribution is 0.151. The quantitative estimate of drug-likeness (QED) is 0.454. The molecular formula is C19H28IN3. The summed E-state index contributed by atoms with van der Waals surface area (Å²) in [4.78, 5) is 7.04. The maximum absolute atomic E-state index is 4.55. The minimum Gasteiger partial charge on any atom is -0.355 e. The fraction of sp³-hybridized carbons (Fsp3) is 0.632. The highest BCUT2D eigenvalue weighted by molar-refractivity contribution is 14.0. The zero-order chi connectivity index (χ0) is 15.0. The maximum atomic E-state index is 4.55. The topological polar surface area (TPSA) is 27.6 Å². The van der Waals surface area contributed by atoms with Crippen LogP contribution in [0.2, 0.25) is 0 Å². The number of guanidine groups is 1. The van der Waals surface area contributed by atoms with E-state index in [1.807, 2.05) is 7.05 Å². The fourth-order valence-electron chi connectivity index (χ4n) is 4.29. The van der Waals surface area contributed by atoms with Gasteiger partial charge >= 0.3 is 0 Å². The molecule has 0 unspecified atom stereocenters. The molecule has 23 heavy (non-hydrogen) atoms. The van der Waals surface area contributed by atoms with E-state index in [-0.39, 0.29) is 24.0 Å². The molecular weight excluding hydrogens is 397 g/mol. The van der Waals surface area contributed by atoms with E-state index in [2.05, 4.69) is 45.5 Å². The largest absolute Gasteiger partial charge is 0.355 e. The average Bonchev–Trinajstić information content (AvgIpc) is 3.18. The maximum Gasteiger partial charge on any atom is 0.193 e.